The highest BCUT2D eigenvalue weighted by Crippen LogP contribution is 2.28. The van der Waals surface area contributed by atoms with Crippen LogP contribution in [0.3, 0.4) is 0 Å². The maximum atomic E-state index is 14.1. The molecule has 0 spiro atoms. The number of halogens is 1. The van der Waals surface area contributed by atoms with Gasteiger partial charge in [0.05, 0.1) is 4.90 Å². The fourth-order valence-electron chi connectivity index (χ4n) is 1.85. The minimum Gasteiger partial charge on any atom is -0.216 e. The lowest BCUT2D eigenvalue weighted by Gasteiger charge is -2.08. The largest absolute Gasteiger partial charge is 0.264 e. The van der Waals surface area contributed by atoms with E-state index >= 15 is 0 Å². The Kier molecular flexibility index (Phi) is 3.74. The summed E-state index contributed by atoms with van der Waals surface area (Å²) in [6.45, 7) is 1.83. The summed E-state index contributed by atoms with van der Waals surface area (Å²) in [5, 5.41) is 0. The van der Waals surface area contributed by atoms with Gasteiger partial charge in [-0.2, -0.15) is 0 Å². The lowest BCUT2D eigenvalue weighted by molar-refractivity contribution is 0.592. The van der Waals surface area contributed by atoms with E-state index in [0.29, 0.717) is 11.1 Å². The first-order valence-electron chi connectivity index (χ1n) is 5.62. The molecule has 5 nitrogen and oxygen atoms in total. The van der Waals surface area contributed by atoms with Crippen molar-refractivity contribution in [2.24, 2.45) is 4.52 Å². The first-order chi connectivity index (χ1) is 9.45. The third-order valence-corrected chi connectivity index (χ3v) is 3.96. The predicted molar refractivity (Wildman–Crippen MR) is 72.9 cm³/mol. The average Bonchev–Trinajstić information content (AvgIpc) is 2.39. The first kappa shape index (κ1) is 14.0. The van der Waals surface area contributed by atoms with Crippen LogP contribution in [0.1, 0.15) is 5.56 Å². The second kappa shape index (κ2) is 5.32. The van der Waals surface area contributed by atoms with E-state index in [1.807, 2.05) is 19.1 Å². The number of benzene rings is 2. The zero-order valence-electron chi connectivity index (χ0n) is 10.5. The second-order valence-corrected chi connectivity index (χ2v) is 5.69. The molecule has 102 valence electrons. The van der Waals surface area contributed by atoms with Crippen molar-refractivity contribution in [3.05, 3.63) is 64.3 Å². The molecule has 0 heterocycles. The Morgan fingerprint density at radius 1 is 1.15 bits per heavy atom. The van der Waals surface area contributed by atoms with Gasteiger partial charge in [-0.3, -0.25) is 0 Å². The summed E-state index contributed by atoms with van der Waals surface area (Å²) >= 11 is 0. The zero-order valence-corrected chi connectivity index (χ0v) is 11.3. The highest BCUT2D eigenvalue weighted by atomic mass is 32.2. The average molecular weight is 291 g/mol. The monoisotopic (exact) mass is 291 g/mol. The molecule has 0 bridgehead atoms. The molecule has 0 saturated carbocycles. The Morgan fingerprint density at radius 3 is 2.45 bits per heavy atom. The highest BCUT2D eigenvalue weighted by molar-refractivity contribution is 7.90. The normalized spacial score (nSPS) is 10.9. The molecule has 0 aliphatic carbocycles. The van der Waals surface area contributed by atoms with Crippen LogP contribution in [0.5, 0.6) is 0 Å². The predicted octanol–water partition coefficient (Wildman–Crippen LogP) is 3.80. The van der Waals surface area contributed by atoms with Crippen LogP contribution in [0, 0.1) is 12.7 Å². The van der Waals surface area contributed by atoms with Gasteiger partial charge in [0.25, 0.3) is 10.0 Å². The van der Waals surface area contributed by atoms with Gasteiger partial charge in [0.15, 0.2) is 0 Å². The van der Waals surface area contributed by atoms with Crippen molar-refractivity contribution < 1.29 is 12.8 Å². The van der Waals surface area contributed by atoms with Crippen molar-refractivity contribution >= 4 is 10.0 Å². The lowest BCUT2D eigenvalue weighted by atomic mass is 10.0. The SMILES string of the molecule is Cc1ccccc1-c1ccc(S(=O)(=O)N=[N+]=[N-])cc1F. The Bertz CT molecular complexity index is 812. The molecule has 0 atom stereocenters. The molecule has 0 aliphatic rings. The van der Waals surface area contributed by atoms with Crippen LogP contribution in [0.25, 0.3) is 21.6 Å². The van der Waals surface area contributed by atoms with Gasteiger partial charge in [-0.15, -0.1) is 0 Å². The molecule has 0 radical (unpaired) electrons. The van der Waals surface area contributed by atoms with Crippen LogP contribution in [-0.2, 0) is 10.0 Å². The molecule has 2 aromatic carbocycles. The van der Waals surface area contributed by atoms with Gasteiger partial charge in [-0.1, -0.05) is 30.3 Å². The Hall–Kier alpha value is -2.37. The summed E-state index contributed by atoms with van der Waals surface area (Å²) < 4.78 is 39.8. The van der Waals surface area contributed by atoms with Crippen molar-refractivity contribution in [3.63, 3.8) is 0 Å². The van der Waals surface area contributed by atoms with Gasteiger partial charge in [-0.05, 0) is 35.7 Å². The minimum absolute atomic E-state index is 0.294. The quantitative estimate of drug-likeness (QED) is 0.489. The van der Waals surface area contributed by atoms with Crippen molar-refractivity contribution in [2.75, 3.05) is 0 Å². The summed E-state index contributed by atoms with van der Waals surface area (Å²) in [4.78, 5) is 1.85. The Balaban J connectivity index is 2.57. The smallest absolute Gasteiger partial charge is 0.216 e. The lowest BCUT2D eigenvalue weighted by Crippen LogP contribution is -1.97. The van der Waals surface area contributed by atoms with Crippen molar-refractivity contribution in [2.45, 2.75) is 11.8 Å². The number of nitrogens with zero attached hydrogens (tertiary/aromatic N) is 3. The third-order valence-electron chi connectivity index (χ3n) is 2.82. The van der Waals surface area contributed by atoms with Crippen molar-refractivity contribution in [1.29, 1.82) is 0 Å². The van der Waals surface area contributed by atoms with Crippen LogP contribution in [0.2, 0.25) is 0 Å². The summed E-state index contributed by atoms with van der Waals surface area (Å²) in [7, 11) is -4.17. The van der Waals surface area contributed by atoms with Crippen LogP contribution < -0.4 is 0 Å². The van der Waals surface area contributed by atoms with E-state index in [1.54, 1.807) is 12.1 Å². The molecule has 20 heavy (non-hydrogen) atoms. The Morgan fingerprint density at radius 2 is 1.85 bits per heavy atom. The molecule has 0 fully saturated rings. The summed E-state index contributed by atoms with van der Waals surface area (Å²) in [5.74, 6) is -0.687. The number of hydrogen-bond donors (Lipinski definition) is 0. The van der Waals surface area contributed by atoms with Crippen molar-refractivity contribution in [1.82, 2.24) is 0 Å². The first-order valence-corrected chi connectivity index (χ1v) is 7.06. The number of rotatable bonds is 3. The summed E-state index contributed by atoms with van der Waals surface area (Å²) in [6.07, 6.45) is 0. The molecule has 0 aromatic heterocycles. The zero-order chi connectivity index (χ0) is 14.8. The maximum Gasteiger partial charge on any atom is 0.264 e. The standard InChI is InChI=1S/C13H10FN3O2S/c1-9-4-2-3-5-11(9)12-7-6-10(8-13(12)14)20(18,19)17-16-15/h2-8H,1H3. The topological polar surface area (TPSA) is 82.9 Å². The van der Waals surface area contributed by atoms with E-state index in [1.165, 1.54) is 12.1 Å². The third kappa shape index (κ3) is 2.64. The van der Waals surface area contributed by atoms with E-state index in [9.17, 15) is 12.8 Å². The molecule has 0 aliphatic heterocycles. The second-order valence-electron chi connectivity index (χ2n) is 4.10. The van der Waals surface area contributed by atoms with Gasteiger partial charge in [0, 0.05) is 15.0 Å². The molecule has 0 amide bonds. The fourth-order valence-corrected chi connectivity index (χ4v) is 2.53. The van der Waals surface area contributed by atoms with Gasteiger partial charge in [-0.25, -0.2) is 12.8 Å². The molecule has 2 rings (SSSR count). The summed E-state index contributed by atoms with van der Waals surface area (Å²) in [5.41, 5.74) is 10.0. The molecular formula is C13H10FN3O2S. The molecule has 0 unspecified atom stereocenters. The molecule has 7 heteroatoms. The van der Waals surface area contributed by atoms with E-state index in [0.717, 1.165) is 11.6 Å². The molecule has 2 aromatic rings. The van der Waals surface area contributed by atoms with Crippen LogP contribution in [-0.4, -0.2) is 8.42 Å². The van der Waals surface area contributed by atoms with Crippen LogP contribution in [0.15, 0.2) is 51.9 Å². The highest BCUT2D eigenvalue weighted by Gasteiger charge is 2.15. The number of azide groups is 1. The van der Waals surface area contributed by atoms with Gasteiger partial charge >= 0.3 is 0 Å². The Labute approximate surface area is 115 Å². The molecular weight excluding hydrogens is 281 g/mol. The molecule has 0 N–H and O–H groups in total. The van der Waals surface area contributed by atoms with E-state index < -0.39 is 15.8 Å². The maximum absolute atomic E-state index is 14.1. The van der Waals surface area contributed by atoms with Gasteiger partial charge in [0.1, 0.15) is 5.82 Å². The minimum atomic E-state index is -4.17. The number of sulfonamides is 1. The number of aryl methyl sites for hydroxylation is 1. The van der Waals surface area contributed by atoms with Crippen molar-refractivity contribution in [3.8, 4) is 11.1 Å². The van der Waals surface area contributed by atoms with Gasteiger partial charge < -0.3 is 0 Å². The van der Waals surface area contributed by atoms with E-state index in [-0.39, 0.29) is 4.90 Å². The van der Waals surface area contributed by atoms with E-state index in [2.05, 4.69) is 9.43 Å². The van der Waals surface area contributed by atoms with Crippen LogP contribution in [0.4, 0.5) is 4.39 Å². The van der Waals surface area contributed by atoms with Crippen LogP contribution >= 0.6 is 0 Å². The van der Waals surface area contributed by atoms with Gasteiger partial charge in [0.2, 0.25) is 0 Å². The fraction of sp³-hybridized carbons (Fsp3) is 0.0769. The van der Waals surface area contributed by atoms with E-state index in [4.69, 9.17) is 5.53 Å². The molecule has 0 saturated heterocycles. The summed E-state index contributed by atoms with van der Waals surface area (Å²) in [6, 6.07) is 10.6. The number of hydrogen-bond acceptors (Lipinski definition) is 2.